The van der Waals surface area contributed by atoms with E-state index in [1.54, 1.807) is 30.3 Å². The molecule has 27 heavy (non-hydrogen) atoms. The minimum absolute atomic E-state index is 0.0619. The summed E-state index contributed by atoms with van der Waals surface area (Å²) in [5.41, 5.74) is 1.65. The van der Waals surface area contributed by atoms with Crippen LogP contribution in [0.3, 0.4) is 0 Å². The molecule has 2 aromatic carbocycles. The van der Waals surface area contributed by atoms with Gasteiger partial charge < -0.3 is 0 Å². The van der Waals surface area contributed by atoms with E-state index in [9.17, 15) is 21.6 Å². The standard InChI is InChI=1S/C18H16N2O5S2/c1-12-7-8-16-13(9-12)10-14(19(2)26(16,22)23)11-20-18(21)15-5-3-4-6-17(15)27(20,24)25/h3-10H,11H2,1-2H3. The Morgan fingerprint density at radius 3 is 2.33 bits per heavy atom. The first-order chi connectivity index (χ1) is 12.6. The van der Waals surface area contributed by atoms with E-state index in [-0.39, 0.29) is 27.6 Å². The number of carbonyl (C=O) groups excluding carboxylic acids is 1. The minimum Gasteiger partial charge on any atom is -0.271 e. The number of fused-ring (bicyclic) bond motifs is 2. The zero-order valence-electron chi connectivity index (χ0n) is 14.6. The predicted molar refractivity (Wildman–Crippen MR) is 98.8 cm³/mol. The first-order valence-corrected chi connectivity index (χ1v) is 11.0. The smallest absolute Gasteiger partial charge is 0.269 e. The highest BCUT2D eigenvalue weighted by atomic mass is 32.2. The molecule has 0 N–H and O–H groups in total. The fraction of sp³-hybridized carbons (Fsp3) is 0.167. The number of hydrogen-bond acceptors (Lipinski definition) is 5. The summed E-state index contributed by atoms with van der Waals surface area (Å²) in [5, 5.41) is 0. The zero-order chi connectivity index (χ0) is 19.6. The second-order valence-electron chi connectivity index (χ2n) is 6.46. The summed E-state index contributed by atoms with van der Waals surface area (Å²) < 4.78 is 52.8. The molecule has 4 rings (SSSR count). The van der Waals surface area contributed by atoms with E-state index in [0.29, 0.717) is 5.56 Å². The highest BCUT2D eigenvalue weighted by Gasteiger charge is 2.42. The fourth-order valence-corrected chi connectivity index (χ4v) is 6.18. The Bertz CT molecular complexity index is 1230. The van der Waals surface area contributed by atoms with Crippen molar-refractivity contribution in [2.24, 2.45) is 0 Å². The van der Waals surface area contributed by atoms with Gasteiger partial charge in [0, 0.05) is 7.05 Å². The van der Waals surface area contributed by atoms with Crippen LogP contribution in [0.5, 0.6) is 0 Å². The van der Waals surface area contributed by atoms with E-state index in [1.807, 2.05) is 6.92 Å². The fourth-order valence-electron chi connectivity index (χ4n) is 3.27. The van der Waals surface area contributed by atoms with Crippen LogP contribution < -0.4 is 0 Å². The third-order valence-corrected chi connectivity index (χ3v) is 8.42. The normalized spacial score (nSPS) is 19.5. The minimum atomic E-state index is -4.02. The molecule has 0 unspecified atom stereocenters. The van der Waals surface area contributed by atoms with Crippen LogP contribution in [0.25, 0.3) is 6.08 Å². The average Bonchev–Trinajstić information content (AvgIpc) is 2.80. The van der Waals surface area contributed by atoms with Gasteiger partial charge in [-0.05, 0) is 36.8 Å². The molecule has 0 atom stereocenters. The van der Waals surface area contributed by atoms with Crippen LogP contribution in [0.4, 0.5) is 0 Å². The maximum atomic E-state index is 12.8. The molecule has 0 aliphatic carbocycles. The summed E-state index contributed by atoms with van der Waals surface area (Å²) in [7, 11) is -6.49. The van der Waals surface area contributed by atoms with Crippen molar-refractivity contribution in [3.63, 3.8) is 0 Å². The molecule has 0 saturated heterocycles. The number of likely N-dealkylation sites (N-methyl/N-ethyl adjacent to an activating group) is 1. The van der Waals surface area contributed by atoms with Gasteiger partial charge in [0.1, 0.15) is 4.90 Å². The summed E-state index contributed by atoms with van der Waals surface area (Å²) in [4.78, 5) is 12.7. The number of rotatable bonds is 2. The lowest BCUT2D eigenvalue weighted by Crippen LogP contribution is -2.39. The van der Waals surface area contributed by atoms with Crippen molar-refractivity contribution in [3.8, 4) is 0 Å². The highest BCUT2D eigenvalue weighted by molar-refractivity contribution is 7.90. The zero-order valence-corrected chi connectivity index (χ0v) is 16.2. The lowest BCUT2D eigenvalue weighted by atomic mass is 10.1. The first-order valence-electron chi connectivity index (χ1n) is 8.10. The lowest BCUT2D eigenvalue weighted by Gasteiger charge is -2.30. The van der Waals surface area contributed by atoms with Gasteiger partial charge in [0.25, 0.3) is 26.0 Å². The molecule has 2 heterocycles. The van der Waals surface area contributed by atoms with Gasteiger partial charge in [0.2, 0.25) is 0 Å². The van der Waals surface area contributed by atoms with Gasteiger partial charge in [-0.1, -0.05) is 29.8 Å². The van der Waals surface area contributed by atoms with Crippen LogP contribution >= 0.6 is 0 Å². The van der Waals surface area contributed by atoms with Gasteiger partial charge in [-0.15, -0.1) is 0 Å². The quantitative estimate of drug-likeness (QED) is 0.761. The van der Waals surface area contributed by atoms with Gasteiger partial charge in [0.05, 0.1) is 22.7 Å². The molecule has 2 aliphatic rings. The van der Waals surface area contributed by atoms with Gasteiger partial charge in [-0.2, -0.15) is 0 Å². The Morgan fingerprint density at radius 1 is 0.926 bits per heavy atom. The van der Waals surface area contributed by atoms with E-state index in [1.165, 1.54) is 25.2 Å². The van der Waals surface area contributed by atoms with Crippen LogP contribution in [0.2, 0.25) is 0 Å². The molecule has 0 aromatic heterocycles. The molecular formula is C18H16N2O5S2. The van der Waals surface area contributed by atoms with Crippen molar-refractivity contribution in [2.75, 3.05) is 13.6 Å². The monoisotopic (exact) mass is 404 g/mol. The largest absolute Gasteiger partial charge is 0.271 e. The summed E-state index contributed by atoms with van der Waals surface area (Å²) in [6.45, 7) is 1.47. The molecule has 140 valence electrons. The van der Waals surface area contributed by atoms with Crippen molar-refractivity contribution in [2.45, 2.75) is 16.7 Å². The molecule has 0 bridgehead atoms. The van der Waals surface area contributed by atoms with Crippen LogP contribution in [0, 0.1) is 6.92 Å². The van der Waals surface area contributed by atoms with Crippen molar-refractivity contribution >= 4 is 32.0 Å². The molecular weight excluding hydrogens is 388 g/mol. The van der Waals surface area contributed by atoms with E-state index < -0.39 is 26.0 Å². The topological polar surface area (TPSA) is 91.8 Å². The second kappa shape index (κ2) is 5.67. The molecule has 2 aliphatic heterocycles. The van der Waals surface area contributed by atoms with Gasteiger partial charge in [0.15, 0.2) is 0 Å². The van der Waals surface area contributed by atoms with Crippen LogP contribution in [0.1, 0.15) is 21.5 Å². The number of benzene rings is 2. The van der Waals surface area contributed by atoms with E-state index in [0.717, 1.165) is 14.2 Å². The maximum absolute atomic E-state index is 12.8. The van der Waals surface area contributed by atoms with E-state index in [4.69, 9.17) is 0 Å². The third kappa shape index (κ3) is 2.49. The summed E-state index contributed by atoms with van der Waals surface area (Å²) >= 11 is 0. The first kappa shape index (κ1) is 17.7. The lowest BCUT2D eigenvalue weighted by molar-refractivity contribution is 0.0875. The van der Waals surface area contributed by atoms with Crippen LogP contribution in [-0.4, -0.2) is 44.9 Å². The number of nitrogens with zero attached hydrogens (tertiary/aromatic N) is 2. The summed E-state index contributed by atoms with van der Waals surface area (Å²) in [6.07, 6.45) is 1.61. The van der Waals surface area contributed by atoms with Crippen molar-refractivity contribution < 1.29 is 21.6 Å². The van der Waals surface area contributed by atoms with Gasteiger partial charge >= 0.3 is 0 Å². The molecule has 0 saturated carbocycles. The number of aryl methyl sites for hydroxylation is 1. The molecule has 0 radical (unpaired) electrons. The van der Waals surface area contributed by atoms with E-state index >= 15 is 0 Å². The van der Waals surface area contributed by atoms with Crippen molar-refractivity contribution in [1.29, 1.82) is 0 Å². The molecule has 0 fully saturated rings. The number of sulfonamides is 2. The molecule has 0 spiro atoms. The average molecular weight is 404 g/mol. The van der Waals surface area contributed by atoms with Gasteiger partial charge in [-0.25, -0.2) is 21.1 Å². The number of hydrogen-bond donors (Lipinski definition) is 0. The Kier molecular flexibility index (Phi) is 3.73. The van der Waals surface area contributed by atoms with Crippen LogP contribution in [0.15, 0.2) is 58.0 Å². The van der Waals surface area contributed by atoms with Gasteiger partial charge in [-0.3, -0.25) is 9.10 Å². The molecule has 9 heteroatoms. The Balaban J connectivity index is 1.81. The molecule has 2 aromatic rings. The highest BCUT2D eigenvalue weighted by Crippen LogP contribution is 2.35. The molecule has 7 nitrogen and oxygen atoms in total. The van der Waals surface area contributed by atoms with Crippen molar-refractivity contribution in [3.05, 3.63) is 64.9 Å². The Morgan fingerprint density at radius 2 is 1.63 bits per heavy atom. The van der Waals surface area contributed by atoms with E-state index in [2.05, 4.69) is 0 Å². The molecule has 1 amide bonds. The summed E-state index contributed by atoms with van der Waals surface area (Å²) in [6, 6.07) is 10.9. The Hall–Kier alpha value is -2.65. The Labute approximate surface area is 157 Å². The number of carbonyl (C=O) groups is 1. The van der Waals surface area contributed by atoms with Crippen molar-refractivity contribution in [1.82, 2.24) is 8.61 Å². The van der Waals surface area contributed by atoms with Crippen LogP contribution in [-0.2, 0) is 20.0 Å². The number of amides is 1. The summed E-state index contributed by atoms with van der Waals surface area (Å²) in [5.74, 6) is -0.660. The third-order valence-electron chi connectivity index (χ3n) is 4.75. The second-order valence-corrected chi connectivity index (χ2v) is 10.2. The predicted octanol–water partition coefficient (Wildman–Crippen LogP) is 1.81. The SMILES string of the molecule is Cc1ccc2c(c1)C=C(CN1C(=O)c3ccccc3S1(=O)=O)N(C)S2(=O)=O. The maximum Gasteiger partial charge on any atom is 0.269 e.